The van der Waals surface area contributed by atoms with Crippen molar-refractivity contribution in [1.29, 1.82) is 0 Å². The zero-order valence-corrected chi connectivity index (χ0v) is 15.2. The summed E-state index contributed by atoms with van der Waals surface area (Å²) in [6, 6.07) is 7.91. The van der Waals surface area contributed by atoms with Crippen LogP contribution < -0.4 is 4.80 Å². The summed E-state index contributed by atoms with van der Waals surface area (Å²) >= 11 is 7.79. The van der Waals surface area contributed by atoms with Crippen LogP contribution in [0.25, 0.3) is 11.3 Å². The third kappa shape index (κ3) is 3.01. The number of halogens is 1. The van der Waals surface area contributed by atoms with Crippen molar-refractivity contribution in [3.63, 3.8) is 0 Å². The maximum absolute atomic E-state index is 6.16. The van der Waals surface area contributed by atoms with Crippen molar-refractivity contribution in [2.45, 2.75) is 19.8 Å². The molecular weight excluding hydrogens is 338 g/mol. The van der Waals surface area contributed by atoms with Crippen LogP contribution in [0.5, 0.6) is 0 Å². The molecule has 1 aromatic heterocycles. The van der Waals surface area contributed by atoms with Crippen molar-refractivity contribution >= 4 is 29.2 Å². The van der Waals surface area contributed by atoms with Gasteiger partial charge in [0.25, 0.3) is 0 Å². The van der Waals surface area contributed by atoms with Gasteiger partial charge in [0.1, 0.15) is 0 Å². The molecule has 4 rings (SSSR count). The largest absolute Gasteiger partial charge is 0.258 e. The van der Waals surface area contributed by atoms with Crippen molar-refractivity contribution < 1.29 is 0 Å². The van der Waals surface area contributed by atoms with Gasteiger partial charge in [0.05, 0.1) is 5.69 Å². The average Bonchev–Trinajstić information content (AvgIpc) is 3.28. The molecule has 1 aromatic carbocycles. The Kier molecular flexibility index (Phi) is 4.42. The third-order valence-corrected chi connectivity index (χ3v) is 5.89. The average molecular weight is 358 g/mol. The molecule has 0 aliphatic heterocycles. The van der Waals surface area contributed by atoms with Crippen molar-refractivity contribution in [1.82, 2.24) is 4.68 Å². The minimum atomic E-state index is 0.550. The molecule has 3 nitrogen and oxygen atoms in total. The maximum Gasteiger partial charge on any atom is 0.206 e. The van der Waals surface area contributed by atoms with E-state index in [0.29, 0.717) is 11.8 Å². The van der Waals surface area contributed by atoms with Crippen molar-refractivity contribution in [3.05, 3.63) is 51.6 Å². The van der Waals surface area contributed by atoms with Crippen molar-refractivity contribution in [2.75, 3.05) is 6.54 Å². The second-order valence-corrected chi connectivity index (χ2v) is 7.68. The van der Waals surface area contributed by atoms with Gasteiger partial charge in [0, 0.05) is 34.6 Å². The lowest BCUT2D eigenvalue weighted by Gasteiger charge is -2.12. The number of nitrogens with zero attached hydrogens (tertiary/aromatic N) is 3. The fraction of sp³-hybridized carbons (Fsp3) is 0.368. The number of rotatable bonds is 4. The first-order valence-corrected chi connectivity index (χ1v) is 9.70. The van der Waals surface area contributed by atoms with E-state index in [1.165, 1.54) is 12.8 Å². The van der Waals surface area contributed by atoms with Crippen LogP contribution >= 0.6 is 22.9 Å². The van der Waals surface area contributed by atoms with E-state index < -0.39 is 0 Å². The summed E-state index contributed by atoms with van der Waals surface area (Å²) in [7, 11) is 0. The number of fused-ring (bicyclic) bond motifs is 2. The lowest BCUT2D eigenvalue weighted by Crippen LogP contribution is -2.15. The van der Waals surface area contributed by atoms with E-state index in [2.05, 4.69) is 34.8 Å². The Labute approximate surface area is 151 Å². The molecule has 2 aliphatic carbocycles. The quantitative estimate of drug-likeness (QED) is 0.553. The highest BCUT2D eigenvalue weighted by Crippen LogP contribution is 2.42. The molecule has 1 heterocycles. The van der Waals surface area contributed by atoms with E-state index in [9.17, 15) is 0 Å². The predicted octanol–water partition coefficient (Wildman–Crippen LogP) is 4.84. The highest BCUT2D eigenvalue weighted by atomic mass is 35.5. The zero-order chi connectivity index (χ0) is 16.5. The van der Waals surface area contributed by atoms with Gasteiger partial charge >= 0.3 is 0 Å². The topological polar surface area (TPSA) is 29.6 Å². The maximum atomic E-state index is 6.16. The Morgan fingerprint density at radius 2 is 2.25 bits per heavy atom. The molecule has 1 saturated carbocycles. The highest BCUT2D eigenvalue weighted by Gasteiger charge is 2.34. The van der Waals surface area contributed by atoms with E-state index in [1.54, 1.807) is 11.3 Å². The van der Waals surface area contributed by atoms with E-state index in [4.69, 9.17) is 16.7 Å². The fourth-order valence-electron chi connectivity index (χ4n) is 3.65. The number of benzene rings is 1. The van der Waals surface area contributed by atoms with Gasteiger partial charge in [-0.3, -0.25) is 4.99 Å². The molecule has 0 spiro atoms. The molecule has 5 heteroatoms. The zero-order valence-electron chi connectivity index (χ0n) is 13.6. The molecule has 0 N–H and O–H groups in total. The summed E-state index contributed by atoms with van der Waals surface area (Å²) in [5.41, 5.74) is 2.12. The molecule has 1 fully saturated rings. The predicted molar refractivity (Wildman–Crippen MR) is 102 cm³/mol. The van der Waals surface area contributed by atoms with Gasteiger partial charge in [0.2, 0.25) is 4.80 Å². The van der Waals surface area contributed by atoms with Crippen LogP contribution in [-0.4, -0.2) is 17.4 Å². The molecule has 24 heavy (non-hydrogen) atoms. The van der Waals surface area contributed by atoms with Crippen LogP contribution in [0.2, 0.25) is 5.02 Å². The van der Waals surface area contributed by atoms with E-state index in [0.717, 1.165) is 33.5 Å². The lowest BCUT2D eigenvalue weighted by molar-refractivity contribution is 0.589. The molecule has 124 valence electrons. The molecule has 3 unspecified atom stereocenters. The van der Waals surface area contributed by atoms with Gasteiger partial charge in [-0.2, -0.15) is 5.10 Å². The molecular formula is C19H20ClN3S. The van der Waals surface area contributed by atoms with Crippen molar-refractivity contribution in [3.8, 4) is 11.3 Å². The molecule has 0 radical (unpaired) electrons. The monoisotopic (exact) mass is 357 g/mol. The SMILES string of the molecule is CCN=c1scc(-c2cccc(Cl)c2)n1N=CC1CC2C=CC1C2. The Morgan fingerprint density at radius 3 is 2.96 bits per heavy atom. The normalized spacial score (nSPS) is 26.1. The molecule has 2 bridgehead atoms. The summed E-state index contributed by atoms with van der Waals surface area (Å²) in [6.45, 7) is 2.80. The van der Waals surface area contributed by atoms with Crippen molar-refractivity contribution in [2.24, 2.45) is 27.8 Å². The highest BCUT2D eigenvalue weighted by molar-refractivity contribution is 7.07. The minimum Gasteiger partial charge on any atom is -0.258 e. The van der Waals surface area contributed by atoms with Crippen LogP contribution in [0.15, 0.2) is 51.9 Å². The summed E-state index contributed by atoms with van der Waals surface area (Å²) in [5, 5.41) is 7.67. The first kappa shape index (κ1) is 15.9. The Morgan fingerprint density at radius 1 is 1.33 bits per heavy atom. The first-order chi connectivity index (χ1) is 11.7. The second-order valence-electron chi connectivity index (χ2n) is 6.41. The molecule has 0 saturated heterocycles. The van der Waals surface area contributed by atoms with Crippen LogP contribution in [-0.2, 0) is 0 Å². The van der Waals surface area contributed by atoms with Crippen LogP contribution in [0.3, 0.4) is 0 Å². The smallest absolute Gasteiger partial charge is 0.206 e. The van der Waals surface area contributed by atoms with Gasteiger partial charge in [-0.25, -0.2) is 4.68 Å². The summed E-state index contributed by atoms with van der Waals surface area (Å²) in [6.07, 6.45) is 9.37. The van der Waals surface area contributed by atoms with Gasteiger partial charge in [-0.15, -0.1) is 11.3 Å². The standard InChI is InChI=1S/C19H20ClN3S/c1-2-21-19-23(22-11-16-9-13-6-7-14(16)8-13)18(12-24-19)15-4-3-5-17(20)10-15/h3-7,10-14,16H,2,8-9H2,1H3. The van der Waals surface area contributed by atoms with Crippen LogP contribution in [0.1, 0.15) is 19.8 Å². The Balaban J connectivity index is 1.71. The Hall–Kier alpha value is -1.65. The van der Waals surface area contributed by atoms with Gasteiger partial charge in [-0.1, -0.05) is 35.9 Å². The van der Waals surface area contributed by atoms with E-state index in [1.807, 2.05) is 29.8 Å². The summed E-state index contributed by atoms with van der Waals surface area (Å²) in [4.78, 5) is 5.52. The summed E-state index contributed by atoms with van der Waals surface area (Å²) < 4.78 is 1.97. The minimum absolute atomic E-state index is 0.550. The first-order valence-electron chi connectivity index (χ1n) is 8.44. The number of hydrogen-bond donors (Lipinski definition) is 0. The lowest BCUT2D eigenvalue weighted by atomic mass is 9.95. The third-order valence-electron chi connectivity index (χ3n) is 4.80. The van der Waals surface area contributed by atoms with Crippen LogP contribution in [0, 0.1) is 17.8 Å². The van der Waals surface area contributed by atoms with Gasteiger partial charge < -0.3 is 0 Å². The molecule has 3 atom stereocenters. The molecule has 2 aliphatic rings. The molecule has 2 aromatic rings. The van der Waals surface area contributed by atoms with E-state index >= 15 is 0 Å². The number of hydrogen-bond acceptors (Lipinski definition) is 3. The summed E-state index contributed by atoms with van der Waals surface area (Å²) in [5.74, 6) is 1.97. The van der Waals surface area contributed by atoms with Gasteiger partial charge in [-0.05, 0) is 43.7 Å². The van der Waals surface area contributed by atoms with Gasteiger partial charge in [0.15, 0.2) is 0 Å². The van der Waals surface area contributed by atoms with E-state index in [-0.39, 0.29) is 0 Å². The number of aromatic nitrogens is 1. The number of thiazole rings is 1. The number of allylic oxidation sites excluding steroid dienone is 2. The fourth-order valence-corrected chi connectivity index (χ4v) is 4.74. The second kappa shape index (κ2) is 6.69. The Bertz CT molecular complexity index is 861. The molecule has 0 amide bonds. The van der Waals surface area contributed by atoms with Crippen LogP contribution in [0.4, 0.5) is 0 Å².